The van der Waals surface area contributed by atoms with Gasteiger partial charge in [-0.05, 0) is 37.5 Å². The van der Waals surface area contributed by atoms with Crippen LogP contribution in [0.25, 0.3) is 0 Å². The third kappa shape index (κ3) is 3.01. The molecule has 1 heterocycles. The highest BCUT2D eigenvalue weighted by Gasteiger charge is 2.18. The van der Waals surface area contributed by atoms with E-state index in [-0.39, 0.29) is 11.9 Å². The minimum Gasteiger partial charge on any atom is -0.387 e. The largest absolute Gasteiger partial charge is 0.387 e. The molecule has 1 aliphatic rings. The molecule has 4 heteroatoms. The summed E-state index contributed by atoms with van der Waals surface area (Å²) in [7, 11) is 1.83. The fraction of sp³-hybridized carbons (Fsp3) is 0.500. The summed E-state index contributed by atoms with van der Waals surface area (Å²) in [5.41, 5.74) is 2.69. The van der Waals surface area contributed by atoms with Crippen LogP contribution in [0.1, 0.15) is 28.8 Å². The molecule has 1 saturated heterocycles. The molecule has 1 unspecified atom stereocenters. The Kier molecular flexibility index (Phi) is 4.20. The standard InChI is InChI=1S/C14H20N2O2/c1-10-5-6-12(13(8-10)15-2)14(17)16-11-4-3-7-18-9-11/h5-6,8,11,15H,3-4,7,9H2,1-2H3,(H,16,17). The monoisotopic (exact) mass is 248 g/mol. The molecule has 2 N–H and O–H groups in total. The van der Waals surface area contributed by atoms with Gasteiger partial charge in [0.25, 0.3) is 5.91 Å². The molecule has 1 aliphatic heterocycles. The van der Waals surface area contributed by atoms with Crippen molar-refractivity contribution in [1.82, 2.24) is 5.32 Å². The predicted octanol–water partition coefficient (Wildman–Crippen LogP) is 1.95. The first kappa shape index (κ1) is 12.9. The minimum absolute atomic E-state index is 0.0325. The summed E-state index contributed by atoms with van der Waals surface area (Å²) in [6, 6.07) is 5.93. The summed E-state index contributed by atoms with van der Waals surface area (Å²) >= 11 is 0. The second-order valence-electron chi connectivity index (χ2n) is 4.69. The van der Waals surface area contributed by atoms with E-state index in [9.17, 15) is 4.79 Å². The van der Waals surface area contributed by atoms with Crippen LogP contribution in [-0.4, -0.2) is 32.2 Å². The van der Waals surface area contributed by atoms with Gasteiger partial charge in [-0.25, -0.2) is 0 Å². The summed E-state index contributed by atoms with van der Waals surface area (Å²) < 4.78 is 5.36. The molecule has 0 spiro atoms. The van der Waals surface area contributed by atoms with Crippen molar-refractivity contribution in [3.8, 4) is 0 Å². The first-order valence-corrected chi connectivity index (χ1v) is 6.37. The fourth-order valence-electron chi connectivity index (χ4n) is 2.18. The van der Waals surface area contributed by atoms with Crippen LogP contribution in [-0.2, 0) is 4.74 Å². The van der Waals surface area contributed by atoms with Gasteiger partial charge >= 0.3 is 0 Å². The normalized spacial score (nSPS) is 19.3. The number of hydrogen-bond acceptors (Lipinski definition) is 3. The van der Waals surface area contributed by atoms with Gasteiger partial charge in [-0.3, -0.25) is 4.79 Å². The van der Waals surface area contributed by atoms with E-state index >= 15 is 0 Å². The molecule has 4 nitrogen and oxygen atoms in total. The minimum atomic E-state index is -0.0325. The second-order valence-corrected chi connectivity index (χ2v) is 4.69. The number of hydrogen-bond donors (Lipinski definition) is 2. The summed E-state index contributed by atoms with van der Waals surface area (Å²) in [5, 5.41) is 6.09. The molecule has 0 bridgehead atoms. The van der Waals surface area contributed by atoms with E-state index in [0.29, 0.717) is 12.2 Å². The quantitative estimate of drug-likeness (QED) is 0.859. The Hall–Kier alpha value is -1.55. The zero-order valence-electron chi connectivity index (χ0n) is 11.0. The van der Waals surface area contributed by atoms with Gasteiger partial charge in [-0.15, -0.1) is 0 Å². The number of benzene rings is 1. The van der Waals surface area contributed by atoms with E-state index in [1.807, 2.05) is 32.2 Å². The predicted molar refractivity (Wildman–Crippen MR) is 72.0 cm³/mol. The lowest BCUT2D eigenvalue weighted by atomic mass is 10.1. The molecular weight excluding hydrogens is 228 g/mol. The highest BCUT2D eigenvalue weighted by molar-refractivity contribution is 5.99. The van der Waals surface area contributed by atoms with E-state index in [1.54, 1.807) is 0 Å². The van der Waals surface area contributed by atoms with Crippen LogP contribution in [0.15, 0.2) is 18.2 Å². The van der Waals surface area contributed by atoms with Gasteiger partial charge in [0.05, 0.1) is 18.2 Å². The summed E-state index contributed by atoms with van der Waals surface area (Å²) in [6.45, 7) is 3.43. The molecule has 0 radical (unpaired) electrons. The van der Waals surface area contributed by atoms with Crippen LogP contribution in [0.4, 0.5) is 5.69 Å². The van der Waals surface area contributed by atoms with Crippen LogP contribution in [0.5, 0.6) is 0 Å². The number of ether oxygens (including phenoxy) is 1. The zero-order chi connectivity index (χ0) is 13.0. The van der Waals surface area contributed by atoms with Gasteiger partial charge in [-0.1, -0.05) is 6.07 Å². The van der Waals surface area contributed by atoms with Crippen molar-refractivity contribution in [2.45, 2.75) is 25.8 Å². The average molecular weight is 248 g/mol. The first-order valence-electron chi connectivity index (χ1n) is 6.37. The molecule has 1 aromatic rings. The molecule has 1 aromatic carbocycles. The Morgan fingerprint density at radius 1 is 1.44 bits per heavy atom. The smallest absolute Gasteiger partial charge is 0.253 e. The third-order valence-corrected chi connectivity index (χ3v) is 3.18. The molecule has 1 atom stereocenters. The molecule has 0 aromatic heterocycles. The second kappa shape index (κ2) is 5.87. The molecule has 1 amide bonds. The van der Waals surface area contributed by atoms with E-state index < -0.39 is 0 Å². The van der Waals surface area contributed by atoms with Gasteiger partial charge in [0.2, 0.25) is 0 Å². The van der Waals surface area contributed by atoms with Crippen molar-refractivity contribution in [3.63, 3.8) is 0 Å². The molecule has 98 valence electrons. The highest BCUT2D eigenvalue weighted by atomic mass is 16.5. The lowest BCUT2D eigenvalue weighted by Crippen LogP contribution is -2.40. The third-order valence-electron chi connectivity index (χ3n) is 3.18. The van der Waals surface area contributed by atoms with E-state index in [4.69, 9.17) is 4.74 Å². The number of rotatable bonds is 3. The Balaban J connectivity index is 2.08. The Bertz CT molecular complexity index is 426. The van der Waals surface area contributed by atoms with Crippen LogP contribution < -0.4 is 10.6 Å². The average Bonchev–Trinajstić information content (AvgIpc) is 2.39. The molecule has 1 fully saturated rings. The van der Waals surface area contributed by atoms with Gasteiger partial charge in [0, 0.05) is 19.3 Å². The number of carbonyl (C=O) groups excluding carboxylic acids is 1. The van der Waals surface area contributed by atoms with Crippen LogP contribution >= 0.6 is 0 Å². The van der Waals surface area contributed by atoms with E-state index in [2.05, 4.69) is 10.6 Å². The fourth-order valence-corrected chi connectivity index (χ4v) is 2.18. The van der Waals surface area contributed by atoms with Crippen molar-refractivity contribution >= 4 is 11.6 Å². The Morgan fingerprint density at radius 2 is 2.28 bits per heavy atom. The van der Waals surface area contributed by atoms with E-state index in [1.165, 1.54) is 0 Å². The highest BCUT2D eigenvalue weighted by Crippen LogP contribution is 2.17. The summed E-state index contributed by atoms with van der Waals surface area (Å²) in [6.07, 6.45) is 2.00. The van der Waals surface area contributed by atoms with Crippen molar-refractivity contribution in [3.05, 3.63) is 29.3 Å². The number of anilines is 1. The SMILES string of the molecule is CNc1cc(C)ccc1C(=O)NC1CCCOC1. The van der Waals surface area contributed by atoms with Gasteiger partial charge in [0.15, 0.2) is 0 Å². The Morgan fingerprint density at radius 3 is 2.94 bits per heavy atom. The van der Waals surface area contributed by atoms with Crippen molar-refractivity contribution in [1.29, 1.82) is 0 Å². The van der Waals surface area contributed by atoms with Gasteiger partial charge in [-0.2, -0.15) is 0 Å². The zero-order valence-corrected chi connectivity index (χ0v) is 11.0. The first-order chi connectivity index (χ1) is 8.70. The molecule has 0 saturated carbocycles. The number of carbonyl (C=O) groups is 1. The van der Waals surface area contributed by atoms with Gasteiger partial charge < -0.3 is 15.4 Å². The number of nitrogens with one attached hydrogen (secondary N) is 2. The maximum absolute atomic E-state index is 12.2. The molecular formula is C14H20N2O2. The van der Waals surface area contributed by atoms with Crippen LogP contribution in [0, 0.1) is 6.92 Å². The van der Waals surface area contributed by atoms with Crippen LogP contribution in [0.2, 0.25) is 0 Å². The number of aryl methyl sites for hydroxylation is 1. The molecule has 2 rings (SSSR count). The molecule has 18 heavy (non-hydrogen) atoms. The maximum atomic E-state index is 12.2. The maximum Gasteiger partial charge on any atom is 0.253 e. The lowest BCUT2D eigenvalue weighted by Gasteiger charge is -2.23. The van der Waals surface area contributed by atoms with Crippen molar-refractivity contribution < 1.29 is 9.53 Å². The van der Waals surface area contributed by atoms with Crippen molar-refractivity contribution in [2.75, 3.05) is 25.6 Å². The van der Waals surface area contributed by atoms with Gasteiger partial charge in [0.1, 0.15) is 0 Å². The molecule has 0 aliphatic carbocycles. The van der Waals surface area contributed by atoms with Crippen LogP contribution in [0.3, 0.4) is 0 Å². The number of amides is 1. The Labute approximate surface area is 108 Å². The summed E-state index contributed by atoms with van der Waals surface area (Å²) in [4.78, 5) is 12.2. The summed E-state index contributed by atoms with van der Waals surface area (Å²) in [5.74, 6) is -0.0325. The lowest BCUT2D eigenvalue weighted by molar-refractivity contribution is 0.0624. The topological polar surface area (TPSA) is 50.4 Å². The van der Waals surface area contributed by atoms with E-state index in [0.717, 1.165) is 30.7 Å². The van der Waals surface area contributed by atoms with Crippen molar-refractivity contribution in [2.24, 2.45) is 0 Å².